The lowest BCUT2D eigenvalue weighted by molar-refractivity contribution is 0.102. The summed E-state index contributed by atoms with van der Waals surface area (Å²) in [5, 5.41) is 2.74. The Bertz CT molecular complexity index is 690. The lowest BCUT2D eigenvalue weighted by atomic mass is 10.1. The first kappa shape index (κ1) is 13.9. The molecule has 0 aliphatic rings. The third-order valence-corrected chi connectivity index (χ3v) is 3.02. The predicted octanol–water partition coefficient (Wildman–Crippen LogP) is 2.00. The molecule has 0 aliphatic carbocycles. The summed E-state index contributed by atoms with van der Waals surface area (Å²) in [6, 6.07) is 6.96. The van der Waals surface area contributed by atoms with E-state index >= 15 is 0 Å². The molecule has 104 valence electrons. The van der Waals surface area contributed by atoms with Gasteiger partial charge in [0.05, 0.1) is 0 Å². The largest absolute Gasteiger partial charge is 0.377 e. The quantitative estimate of drug-likeness (QED) is 0.897. The van der Waals surface area contributed by atoms with Crippen LogP contribution in [0.4, 0.5) is 11.4 Å². The summed E-state index contributed by atoms with van der Waals surface area (Å²) in [5.74, 6) is -0.416. The fraction of sp³-hybridized carbons (Fsp3) is 0.200. The highest BCUT2D eigenvalue weighted by Crippen LogP contribution is 2.22. The number of benzene rings is 1. The molecule has 0 spiro atoms. The number of aryl methyl sites for hydroxylation is 1. The van der Waals surface area contributed by atoms with E-state index in [1.54, 1.807) is 0 Å². The number of aromatic nitrogens is 1. The van der Waals surface area contributed by atoms with Crippen LogP contribution in [0.5, 0.6) is 0 Å². The Kier molecular flexibility index (Phi) is 3.89. The van der Waals surface area contributed by atoms with Gasteiger partial charge < -0.3 is 15.2 Å². The van der Waals surface area contributed by atoms with Gasteiger partial charge in [0.15, 0.2) is 5.43 Å². The minimum Gasteiger partial charge on any atom is -0.377 e. The van der Waals surface area contributed by atoms with Crippen molar-refractivity contribution in [3.05, 3.63) is 58.0 Å². The van der Waals surface area contributed by atoms with Crippen molar-refractivity contribution in [2.45, 2.75) is 6.92 Å². The zero-order valence-corrected chi connectivity index (χ0v) is 11.7. The normalized spacial score (nSPS) is 10.2. The third-order valence-electron chi connectivity index (χ3n) is 3.02. The average molecular weight is 271 g/mol. The molecule has 20 heavy (non-hydrogen) atoms. The van der Waals surface area contributed by atoms with Crippen LogP contribution in [0, 0.1) is 6.92 Å². The fourth-order valence-electron chi connectivity index (χ4n) is 1.96. The van der Waals surface area contributed by atoms with Gasteiger partial charge in [-0.15, -0.1) is 0 Å². The summed E-state index contributed by atoms with van der Waals surface area (Å²) in [6.07, 6.45) is 2.90. The van der Waals surface area contributed by atoms with Crippen LogP contribution in [-0.2, 0) is 0 Å². The molecule has 0 saturated carbocycles. The lowest BCUT2D eigenvalue weighted by Gasteiger charge is -2.17. The van der Waals surface area contributed by atoms with E-state index in [-0.39, 0.29) is 11.0 Å². The summed E-state index contributed by atoms with van der Waals surface area (Å²) in [5.41, 5.74) is 2.59. The van der Waals surface area contributed by atoms with Crippen LogP contribution in [0.15, 0.2) is 41.5 Å². The van der Waals surface area contributed by atoms with Gasteiger partial charge >= 0.3 is 0 Å². The highest BCUT2D eigenvalue weighted by molar-refractivity contribution is 6.04. The number of pyridine rings is 1. The number of hydrogen-bond donors (Lipinski definition) is 2. The van der Waals surface area contributed by atoms with Gasteiger partial charge in [-0.25, -0.2) is 0 Å². The zero-order valence-electron chi connectivity index (χ0n) is 11.7. The molecule has 0 unspecified atom stereocenters. The minimum atomic E-state index is -0.416. The molecule has 2 rings (SSSR count). The van der Waals surface area contributed by atoms with Crippen LogP contribution >= 0.6 is 0 Å². The van der Waals surface area contributed by atoms with Gasteiger partial charge in [0.1, 0.15) is 5.56 Å². The first-order chi connectivity index (χ1) is 9.49. The van der Waals surface area contributed by atoms with Crippen molar-refractivity contribution in [1.29, 1.82) is 0 Å². The molecule has 1 aromatic heterocycles. The van der Waals surface area contributed by atoms with Gasteiger partial charge in [-0.3, -0.25) is 9.59 Å². The second-order valence-corrected chi connectivity index (χ2v) is 4.77. The van der Waals surface area contributed by atoms with Crippen molar-refractivity contribution < 1.29 is 4.79 Å². The van der Waals surface area contributed by atoms with Crippen LogP contribution in [0.1, 0.15) is 15.9 Å². The van der Waals surface area contributed by atoms with Gasteiger partial charge in [-0.1, -0.05) is 6.07 Å². The Morgan fingerprint density at radius 3 is 2.65 bits per heavy atom. The van der Waals surface area contributed by atoms with Gasteiger partial charge in [0.25, 0.3) is 5.91 Å². The first-order valence-corrected chi connectivity index (χ1v) is 6.25. The number of aromatic amines is 1. The summed E-state index contributed by atoms with van der Waals surface area (Å²) >= 11 is 0. The smallest absolute Gasteiger partial charge is 0.261 e. The Labute approximate surface area is 117 Å². The van der Waals surface area contributed by atoms with Gasteiger partial charge in [-0.05, 0) is 24.6 Å². The molecule has 0 radical (unpaired) electrons. The molecule has 5 heteroatoms. The van der Waals surface area contributed by atoms with E-state index in [1.165, 1.54) is 18.5 Å². The van der Waals surface area contributed by atoms with E-state index in [0.717, 1.165) is 11.3 Å². The van der Waals surface area contributed by atoms with Crippen molar-refractivity contribution >= 4 is 17.3 Å². The molecule has 1 heterocycles. The Morgan fingerprint density at radius 1 is 1.25 bits per heavy atom. The maximum atomic E-state index is 12.1. The van der Waals surface area contributed by atoms with E-state index < -0.39 is 5.91 Å². The second-order valence-electron chi connectivity index (χ2n) is 4.77. The number of hydrogen-bond acceptors (Lipinski definition) is 3. The summed E-state index contributed by atoms with van der Waals surface area (Å²) in [6.45, 7) is 2.00. The Morgan fingerprint density at radius 2 is 2.00 bits per heavy atom. The molecule has 1 aromatic carbocycles. The maximum Gasteiger partial charge on any atom is 0.261 e. The summed E-state index contributed by atoms with van der Waals surface area (Å²) < 4.78 is 0. The highest BCUT2D eigenvalue weighted by atomic mass is 16.2. The minimum absolute atomic E-state index is 0.0967. The molecular formula is C15H17N3O2. The standard InChI is InChI=1S/C15H17N3O2/c1-10-4-5-11(8-13(10)18(2)3)17-15(20)12-9-16-7-6-14(12)19/h4-9H,1-3H3,(H,16,19)(H,17,20). The van der Waals surface area contributed by atoms with Crippen molar-refractivity contribution in [2.75, 3.05) is 24.3 Å². The molecule has 2 aromatic rings. The van der Waals surface area contributed by atoms with E-state index in [0.29, 0.717) is 5.69 Å². The van der Waals surface area contributed by atoms with Crippen LogP contribution in [0.2, 0.25) is 0 Å². The van der Waals surface area contributed by atoms with Crippen LogP contribution < -0.4 is 15.6 Å². The van der Waals surface area contributed by atoms with Gasteiger partial charge in [0.2, 0.25) is 0 Å². The SMILES string of the molecule is Cc1ccc(NC(=O)c2c[nH]ccc2=O)cc1N(C)C. The lowest BCUT2D eigenvalue weighted by Crippen LogP contribution is -2.21. The summed E-state index contributed by atoms with van der Waals surface area (Å²) in [4.78, 5) is 28.4. The fourth-order valence-corrected chi connectivity index (χ4v) is 1.96. The Hall–Kier alpha value is -2.56. The van der Waals surface area contributed by atoms with E-state index in [2.05, 4.69) is 10.3 Å². The highest BCUT2D eigenvalue weighted by Gasteiger charge is 2.10. The predicted molar refractivity (Wildman–Crippen MR) is 80.5 cm³/mol. The number of nitrogens with zero attached hydrogens (tertiary/aromatic N) is 1. The molecule has 0 aliphatic heterocycles. The van der Waals surface area contributed by atoms with E-state index in [9.17, 15) is 9.59 Å². The van der Waals surface area contributed by atoms with Crippen LogP contribution in [-0.4, -0.2) is 25.0 Å². The van der Waals surface area contributed by atoms with Crippen molar-refractivity contribution in [3.8, 4) is 0 Å². The number of amides is 1. The monoisotopic (exact) mass is 271 g/mol. The molecule has 0 saturated heterocycles. The molecule has 0 bridgehead atoms. The van der Waals surface area contributed by atoms with Crippen LogP contribution in [0.3, 0.4) is 0 Å². The average Bonchev–Trinajstić information content (AvgIpc) is 2.41. The molecular weight excluding hydrogens is 254 g/mol. The summed E-state index contributed by atoms with van der Waals surface area (Å²) in [7, 11) is 3.88. The maximum absolute atomic E-state index is 12.1. The van der Waals surface area contributed by atoms with Crippen molar-refractivity contribution in [2.24, 2.45) is 0 Å². The number of carbonyl (C=O) groups excluding carboxylic acids is 1. The number of H-pyrrole nitrogens is 1. The second kappa shape index (κ2) is 5.61. The molecule has 1 amide bonds. The molecule has 0 atom stereocenters. The number of nitrogens with one attached hydrogen (secondary N) is 2. The van der Waals surface area contributed by atoms with Gasteiger partial charge in [-0.2, -0.15) is 0 Å². The topological polar surface area (TPSA) is 65.2 Å². The molecule has 5 nitrogen and oxygen atoms in total. The number of rotatable bonds is 3. The van der Waals surface area contributed by atoms with Gasteiger partial charge in [0, 0.05) is 43.9 Å². The van der Waals surface area contributed by atoms with E-state index in [4.69, 9.17) is 0 Å². The van der Waals surface area contributed by atoms with Crippen molar-refractivity contribution in [1.82, 2.24) is 4.98 Å². The first-order valence-electron chi connectivity index (χ1n) is 6.25. The third kappa shape index (κ3) is 2.88. The molecule has 0 fully saturated rings. The number of anilines is 2. The van der Waals surface area contributed by atoms with E-state index in [1.807, 2.05) is 44.1 Å². The van der Waals surface area contributed by atoms with Crippen molar-refractivity contribution in [3.63, 3.8) is 0 Å². The Balaban J connectivity index is 2.27. The number of carbonyl (C=O) groups is 1. The molecule has 2 N–H and O–H groups in total. The van der Waals surface area contributed by atoms with Crippen LogP contribution in [0.25, 0.3) is 0 Å². The zero-order chi connectivity index (χ0) is 14.7.